The molecule has 26 heavy (non-hydrogen) atoms. The first kappa shape index (κ1) is 17.6. The molecule has 3 heteroatoms. The minimum Gasteiger partial charge on any atom is -0.445 e. The van der Waals surface area contributed by atoms with Gasteiger partial charge in [0.25, 0.3) is 0 Å². The molecule has 0 radical (unpaired) electrons. The second-order valence-electron chi connectivity index (χ2n) is 6.29. The Balaban J connectivity index is 1.93. The largest absolute Gasteiger partial charge is 0.445 e. The van der Waals surface area contributed by atoms with Crippen LogP contribution in [0.3, 0.4) is 0 Å². The van der Waals surface area contributed by atoms with Crippen LogP contribution in [0.25, 0.3) is 0 Å². The molecule has 0 heterocycles. The molecule has 0 fully saturated rings. The predicted molar refractivity (Wildman–Crippen MR) is 101 cm³/mol. The van der Waals surface area contributed by atoms with Crippen LogP contribution >= 0.6 is 0 Å². The van der Waals surface area contributed by atoms with Crippen molar-refractivity contribution in [1.29, 1.82) is 0 Å². The topological polar surface area (TPSA) is 43.4 Å². The number of aryl methyl sites for hydroxylation is 2. The molecule has 0 aliphatic heterocycles. The van der Waals surface area contributed by atoms with Crippen LogP contribution in [0.2, 0.25) is 0 Å². The molecule has 0 saturated heterocycles. The smallest absolute Gasteiger partial charge is 0.339 e. The van der Waals surface area contributed by atoms with E-state index in [2.05, 4.69) is 0 Å². The minimum absolute atomic E-state index is 0.238. The number of Topliss-reactive ketones (excluding diaryl/α,β-unsaturated/α-hetero) is 1. The first-order chi connectivity index (χ1) is 12.5. The summed E-state index contributed by atoms with van der Waals surface area (Å²) in [5.41, 5.74) is 3.73. The average molecular weight is 344 g/mol. The van der Waals surface area contributed by atoms with E-state index in [9.17, 15) is 9.59 Å². The van der Waals surface area contributed by atoms with E-state index in [1.807, 2.05) is 56.3 Å². The second kappa shape index (κ2) is 7.79. The molecule has 0 bridgehead atoms. The van der Waals surface area contributed by atoms with E-state index in [1.165, 1.54) is 0 Å². The van der Waals surface area contributed by atoms with Crippen LogP contribution in [0.15, 0.2) is 78.9 Å². The molecule has 0 unspecified atom stereocenters. The molecule has 3 aromatic rings. The fourth-order valence-electron chi connectivity index (χ4n) is 2.63. The number of carbonyl (C=O) groups is 2. The highest BCUT2D eigenvalue weighted by Crippen LogP contribution is 2.25. The Morgan fingerprint density at radius 1 is 0.692 bits per heavy atom. The van der Waals surface area contributed by atoms with E-state index in [0.717, 1.165) is 11.1 Å². The number of esters is 1. The maximum Gasteiger partial charge on any atom is 0.339 e. The monoisotopic (exact) mass is 344 g/mol. The predicted octanol–water partition coefficient (Wildman–Crippen LogP) is 5.08. The lowest BCUT2D eigenvalue weighted by atomic mass is 9.98. The summed E-state index contributed by atoms with van der Waals surface area (Å²) in [6, 6.07) is 23.4. The van der Waals surface area contributed by atoms with Crippen LogP contribution in [0.1, 0.15) is 43.5 Å². The summed E-state index contributed by atoms with van der Waals surface area (Å²) in [5, 5.41) is 0. The van der Waals surface area contributed by atoms with Gasteiger partial charge >= 0.3 is 5.97 Å². The Labute approximate surface area is 153 Å². The van der Waals surface area contributed by atoms with Gasteiger partial charge in [0.15, 0.2) is 6.10 Å². The highest BCUT2D eigenvalue weighted by molar-refractivity contribution is 6.02. The third kappa shape index (κ3) is 4.06. The van der Waals surface area contributed by atoms with E-state index in [1.54, 1.807) is 36.4 Å². The highest BCUT2D eigenvalue weighted by Gasteiger charge is 2.26. The van der Waals surface area contributed by atoms with Crippen molar-refractivity contribution in [3.05, 3.63) is 107 Å². The van der Waals surface area contributed by atoms with Crippen LogP contribution in [0.4, 0.5) is 0 Å². The third-order valence-corrected chi connectivity index (χ3v) is 4.19. The van der Waals surface area contributed by atoms with Gasteiger partial charge in [-0.1, -0.05) is 77.9 Å². The molecule has 0 spiro atoms. The van der Waals surface area contributed by atoms with Gasteiger partial charge in [0.1, 0.15) is 0 Å². The number of ether oxygens (including phenoxy) is 1. The van der Waals surface area contributed by atoms with Gasteiger partial charge in [-0.25, -0.2) is 4.79 Å². The fourth-order valence-corrected chi connectivity index (χ4v) is 2.63. The number of benzene rings is 3. The summed E-state index contributed by atoms with van der Waals surface area (Å²) in [6.45, 7) is 3.93. The second-order valence-corrected chi connectivity index (χ2v) is 6.29. The summed E-state index contributed by atoms with van der Waals surface area (Å²) < 4.78 is 5.62. The fraction of sp³-hybridized carbons (Fsp3) is 0.130. The van der Waals surface area contributed by atoms with Crippen molar-refractivity contribution in [2.75, 3.05) is 0 Å². The average Bonchev–Trinajstić information content (AvgIpc) is 2.67. The maximum absolute atomic E-state index is 13.0. The minimum atomic E-state index is -0.981. The van der Waals surface area contributed by atoms with Gasteiger partial charge in [-0.2, -0.15) is 0 Å². The molecule has 130 valence electrons. The van der Waals surface area contributed by atoms with Gasteiger partial charge in [-0.15, -0.1) is 0 Å². The van der Waals surface area contributed by atoms with Gasteiger partial charge in [0.05, 0.1) is 5.56 Å². The van der Waals surface area contributed by atoms with E-state index in [4.69, 9.17) is 4.74 Å². The Morgan fingerprint density at radius 2 is 1.23 bits per heavy atom. The zero-order valence-corrected chi connectivity index (χ0v) is 14.8. The first-order valence-corrected chi connectivity index (χ1v) is 8.48. The Kier molecular flexibility index (Phi) is 5.28. The summed E-state index contributed by atoms with van der Waals surface area (Å²) >= 11 is 0. The van der Waals surface area contributed by atoms with Crippen molar-refractivity contribution in [2.24, 2.45) is 0 Å². The SMILES string of the molecule is Cc1ccc(C(=O)[C@@H](OC(=O)c2ccccc2)c2ccc(C)cc2)cc1. The van der Waals surface area contributed by atoms with E-state index >= 15 is 0 Å². The third-order valence-electron chi connectivity index (χ3n) is 4.19. The van der Waals surface area contributed by atoms with Gasteiger partial charge in [0.2, 0.25) is 5.78 Å². The van der Waals surface area contributed by atoms with Gasteiger partial charge in [-0.05, 0) is 26.0 Å². The molecule has 0 aliphatic rings. The summed E-state index contributed by atoms with van der Waals surface area (Å²) in [5.74, 6) is -0.755. The number of carbonyl (C=O) groups excluding carboxylic acids is 2. The lowest BCUT2D eigenvalue weighted by Crippen LogP contribution is -2.20. The van der Waals surface area contributed by atoms with Gasteiger partial charge < -0.3 is 4.74 Å². The lowest BCUT2D eigenvalue weighted by Gasteiger charge is -2.18. The lowest BCUT2D eigenvalue weighted by molar-refractivity contribution is 0.0280. The molecule has 1 atom stereocenters. The summed E-state index contributed by atoms with van der Waals surface area (Å²) in [7, 11) is 0. The molecule has 3 rings (SSSR count). The van der Waals surface area contributed by atoms with E-state index in [0.29, 0.717) is 16.7 Å². The van der Waals surface area contributed by atoms with E-state index in [-0.39, 0.29) is 5.78 Å². The molecular formula is C23H20O3. The van der Waals surface area contributed by atoms with Crippen LogP contribution in [0.5, 0.6) is 0 Å². The van der Waals surface area contributed by atoms with Crippen molar-refractivity contribution < 1.29 is 14.3 Å². The number of ketones is 1. The summed E-state index contributed by atoms with van der Waals surface area (Å²) in [4.78, 5) is 25.5. The Bertz CT molecular complexity index is 894. The number of rotatable bonds is 5. The van der Waals surface area contributed by atoms with Crippen molar-refractivity contribution in [3.63, 3.8) is 0 Å². The molecule has 0 saturated carbocycles. The standard InChI is InChI=1S/C23H20O3/c1-16-8-12-18(13-9-16)21(24)22(19-14-10-17(2)11-15-19)26-23(25)20-6-4-3-5-7-20/h3-15,22H,1-2H3/t22-/m0/s1. The molecule has 0 N–H and O–H groups in total. The summed E-state index contributed by atoms with van der Waals surface area (Å²) in [6.07, 6.45) is -0.981. The molecule has 0 amide bonds. The molecule has 3 nitrogen and oxygen atoms in total. The Hall–Kier alpha value is -3.20. The van der Waals surface area contributed by atoms with Gasteiger partial charge in [0, 0.05) is 11.1 Å². The maximum atomic E-state index is 13.0. The molecular weight excluding hydrogens is 324 g/mol. The van der Waals surface area contributed by atoms with Crippen LogP contribution < -0.4 is 0 Å². The highest BCUT2D eigenvalue weighted by atomic mass is 16.5. The van der Waals surface area contributed by atoms with E-state index < -0.39 is 12.1 Å². The van der Waals surface area contributed by atoms with Crippen molar-refractivity contribution in [3.8, 4) is 0 Å². The Morgan fingerprint density at radius 3 is 1.81 bits per heavy atom. The van der Waals surface area contributed by atoms with Crippen LogP contribution in [-0.4, -0.2) is 11.8 Å². The van der Waals surface area contributed by atoms with Crippen LogP contribution in [-0.2, 0) is 4.74 Å². The number of hydrogen-bond donors (Lipinski definition) is 0. The first-order valence-electron chi connectivity index (χ1n) is 8.48. The quantitative estimate of drug-likeness (QED) is 0.478. The van der Waals surface area contributed by atoms with Gasteiger partial charge in [-0.3, -0.25) is 4.79 Å². The molecule has 0 aliphatic carbocycles. The van der Waals surface area contributed by atoms with Crippen molar-refractivity contribution in [2.45, 2.75) is 20.0 Å². The van der Waals surface area contributed by atoms with Crippen molar-refractivity contribution >= 4 is 11.8 Å². The molecule has 3 aromatic carbocycles. The molecule has 0 aromatic heterocycles. The zero-order chi connectivity index (χ0) is 18.5. The van der Waals surface area contributed by atoms with Crippen molar-refractivity contribution in [1.82, 2.24) is 0 Å². The normalized spacial score (nSPS) is 11.6. The van der Waals surface area contributed by atoms with Crippen LogP contribution in [0, 0.1) is 13.8 Å². The number of hydrogen-bond acceptors (Lipinski definition) is 3. The zero-order valence-electron chi connectivity index (χ0n) is 14.8.